The lowest BCUT2D eigenvalue weighted by Gasteiger charge is -2.14. The predicted octanol–water partition coefficient (Wildman–Crippen LogP) is 2.63. The second kappa shape index (κ2) is 5.52. The van der Waals surface area contributed by atoms with Gasteiger partial charge in [0.1, 0.15) is 5.75 Å². The van der Waals surface area contributed by atoms with Crippen LogP contribution in [-0.4, -0.2) is 17.0 Å². The Hall–Kier alpha value is -2.36. The number of nitrogens with two attached hydrogens (primary N) is 1. The average molecular weight is 256 g/mol. The number of hydrogen-bond donors (Lipinski definition) is 1. The van der Waals surface area contributed by atoms with E-state index in [-0.39, 0.29) is 6.10 Å². The van der Waals surface area contributed by atoms with Crippen LogP contribution < -0.4 is 10.5 Å². The Kier molecular flexibility index (Phi) is 3.80. The molecule has 0 saturated carbocycles. The van der Waals surface area contributed by atoms with Crippen molar-refractivity contribution in [1.82, 2.24) is 4.98 Å². The monoisotopic (exact) mass is 256 g/mol. The fraction of sp³-hybridized carbons (Fsp3) is 0.200. The number of benzene rings is 1. The van der Waals surface area contributed by atoms with Gasteiger partial charge in [-0.2, -0.15) is 0 Å². The van der Waals surface area contributed by atoms with Crippen LogP contribution in [-0.2, 0) is 0 Å². The molecule has 1 aromatic carbocycles. The summed E-state index contributed by atoms with van der Waals surface area (Å²) in [6.45, 7) is 3.81. The lowest BCUT2D eigenvalue weighted by Crippen LogP contribution is -2.15. The summed E-state index contributed by atoms with van der Waals surface area (Å²) >= 11 is 0. The molecule has 1 heterocycles. The Bertz CT molecular complexity index is 580. The van der Waals surface area contributed by atoms with E-state index in [1.807, 2.05) is 38.1 Å². The van der Waals surface area contributed by atoms with Gasteiger partial charge in [0.05, 0.1) is 11.7 Å². The Morgan fingerprint density at radius 2 is 2.05 bits per heavy atom. The summed E-state index contributed by atoms with van der Waals surface area (Å²) < 4.78 is 5.65. The second-order valence-electron chi connectivity index (χ2n) is 4.48. The highest BCUT2D eigenvalue weighted by Crippen LogP contribution is 2.27. The third-order valence-corrected chi connectivity index (χ3v) is 2.60. The van der Waals surface area contributed by atoms with Crippen LogP contribution in [0.5, 0.6) is 5.75 Å². The maximum absolute atomic E-state index is 11.4. The smallest absolute Gasteiger partial charge is 0.252 e. The molecule has 0 aliphatic rings. The van der Waals surface area contributed by atoms with Crippen molar-refractivity contribution in [3.05, 3.63) is 48.3 Å². The maximum Gasteiger partial charge on any atom is 0.252 e. The molecule has 4 nitrogen and oxygen atoms in total. The summed E-state index contributed by atoms with van der Waals surface area (Å²) in [4.78, 5) is 15.5. The molecular formula is C15H16N2O2. The first-order chi connectivity index (χ1) is 9.08. The molecule has 2 rings (SSSR count). The number of aromatic nitrogens is 1. The van der Waals surface area contributed by atoms with E-state index in [0.717, 1.165) is 11.1 Å². The highest BCUT2D eigenvalue weighted by Gasteiger charge is 2.12. The van der Waals surface area contributed by atoms with Crippen molar-refractivity contribution in [3.63, 3.8) is 0 Å². The number of pyridine rings is 1. The van der Waals surface area contributed by atoms with E-state index in [1.54, 1.807) is 18.5 Å². The van der Waals surface area contributed by atoms with E-state index in [0.29, 0.717) is 11.3 Å². The largest absolute Gasteiger partial charge is 0.490 e. The van der Waals surface area contributed by atoms with Crippen molar-refractivity contribution in [2.75, 3.05) is 0 Å². The molecule has 0 bridgehead atoms. The van der Waals surface area contributed by atoms with Crippen molar-refractivity contribution >= 4 is 5.91 Å². The van der Waals surface area contributed by atoms with Gasteiger partial charge in [0.15, 0.2) is 0 Å². The van der Waals surface area contributed by atoms with Gasteiger partial charge in [0, 0.05) is 18.0 Å². The van der Waals surface area contributed by atoms with Gasteiger partial charge in [0.2, 0.25) is 0 Å². The SMILES string of the molecule is CC(C)Oc1cc(-c2cccnc2)ccc1C(N)=O. The zero-order valence-electron chi connectivity index (χ0n) is 11.0. The minimum absolute atomic E-state index is 0.0257. The van der Waals surface area contributed by atoms with E-state index in [4.69, 9.17) is 10.5 Å². The summed E-state index contributed by atoms with van der Waals surface area (Å²) in [5.41, 5.74) is 7.64. The first-order valence-corrected chi connectivity index (χ1v) is 6.09. The predicted molar refractivity (Wildman–Crippen MR) is 74.0 cm³/mol. The Morgan fingerprint density at radius 1 is 1.26 bits per heavy atom. The molecule has 0 aliphatic heterocycles. The molecule has 0 fully saturated rings. The van der Waals surface area contributed by atoms with E-state index in [9.17, 15) is 4.79 Å². The standard InChI is InChI=1S/C15H16N2O2/c1-10(2)19-14-8-11(5-6-13(14)15(16)18)12-4-3-7-17-9-12/h3-10H,1-2H3,(H2,16,18). The fourth-order valence-corrected chi connectivity index (χ4v) is 1.79. The highest BCUT2D eigenvalue weighted by molar-refractivity contribution is 5.96. The molecule has 19 heavy (non-hydrogen) atoms. The summed E-state index contributed by atoms with van der Waals surface area (Å²) in [6.07, 6.45) is 3.45. The first-order valence-electron chi connectivity index (χ1n) is 6.09. The van der Waals surface area contributed by atoms with Crippen LogP contribution in [0.2, 0.25) is 0 Å². The van der Waals surface area contributed by atoms with Crippen molar-refractivity contribution in [3.8, 4) is 16.9 Å². The number of rotatable bonds is 4. The van der Waals surface area contributed by atoms with Crippen molar-refractivity contribution < 1.29 is 9.53 Å². The molecule has 1 amide bonds. The summed E-state index contributed by atoms with van der Waals surface area (Å²) in [5.74, 6) is 0.0113. The van der Waals surface area contributed by atoms with Crippen LogP contribution in [0.15, 0.2) is 42.7 Å². The molecule has 2 aromatic rings. The molecule has 1 aromatic heterocycles. The van der Waals surface area contributed by atoms with Gasteiger partial charge in [-0.25, -0.2) is 0 Å². The molecule has 4 heteroatoms. The van der Waals surface area contributed by atoms with Crippen LogP contribution in [0, 0.1) is 0 Å². The molecular weight excluding hydrogens is 240 g/mol. The minimum atomic E-state index is -0.492. The average Bonchev–Trinajstić information content (AvgIpc) is 2.38. The molecule has 0 unspecified atom stereocenters. The van der Waals surface area contributed by atoms with Gasteiger partial charge in [-0.3, -0.25) is 9.78 Å². The van der Waals surface area contributed by atoms with E-state index < -0.39 is 5.91 Å². The zero-order chi connectivity index (χ0) is 13.8. The number of carbonyl (C=O) groups is 1. The van der Waals surface area contributed by atoms with Crippen molar-refractivity contribution in [1.29, 1.82) is 0 Å². The molecule has 0 atom stereocenters. The zero-order valence-corrected chi connectivity index (χ0v) is 11.0. The van der Waals surface area contributed by atoms with Gasteiger partial charge in [-0.05, 0) is 37.6 Å². The minimum Gasteiger partial charge on any atom is -0.490 e. The number of carbonyl (C=O) groups excluding carboxylic acids is 1. The fourth-order valence-electron chi connectivity index (χ4n) is 1.79. The number of nitrogens with zero attached hydrogens (tertiary/aromatic N) is 1. The number of primary amides is 1. The first kappa shape index (κ1) is 13.1. The summed E-state index contributed by atoms with van der Waals surface area (Å²) in [6, 6.07) is 9.15. The van der Waals surface area contributed by atoms with Crippen molar-refractivity contribution in [2.24, 2.45) is 5.73 Å². The van der Waals surface area contributed by atoms with Gasteiger partial charge >= 0.3 is 0 Å². The molecule has 0 spiro atoms. The van der Waals surface area contributed by atoms with Gasteiger partial charge in [-0.15, -0.1) is 0 Å². The van der Waals surface area contributed by atoms with Crippen molar-refractivity contribution in [2.45, 2.75) is 20.0 Å². The molecule has 0 radical (unpaired) electrons. The molecule has 0 saturated heterocycles. The van der Waals surface area contributed by atoms with Crippen LogP contribution >= 0.6 is 0 Å². The van der Waals surface area contributed by atoms with Gasteiger partial charge in [0.25, 0.3) is 5.91 Å². The lowest BCUT2D eigenvalue weighted by molar-refractivity contribution is 0.0994. The topological polar surface area (TPSA) is 65.2 Å². The summed E-state index contributed by atoms with van der Waals surface area (Å²) in [5, 5.41) is 0. The second-order valence-corrected chi connectivity index (χ2v) is 4.48. The van der Waals surface area contributed by atoms with Crippen LogP contribution in [0.4, 0.5) is 0 Å². The number of amides is 1. The number of hydrogen-bond acceptors (Lipinski definition) is 3. The molecule has 98 valence electrons. The van der Waals surface area contributed by atoms with Gasteiger partial charge < -0.3 is 10.5 Å². The third kappa shape index (κ3) is 3.10. The highest BCUT2D eigenvalue weighted by atomic mass is 16.5. The third-order valence-electron chi connectivity index (χ3n) is 2.60. The van der Waals surface area contributed by atoms with Crippen LogP contribution in [0.1, 0.15) is 24.2 Å². The Labute approximate surface area is 112 Å². The van der Waals surface area contributed by atoms with E-state index in [1.165, 1.54) is 0 Å². The quantitative estimate of drug-likeness (QED) is 0.914. The van der Waals surface area contributed by atoms with E-state index in [2.05, 4.69) is 4.98 Å². The normalized spacial score (nSPS) is 10.5. The van der Waals surface area contributed by atoms with Crippen LogP contribution in [0.3, 0.4) is 0 Å². The lowest BCUT2D eigenvalue weighted by atomic mass is 10.0. The Morgan fingerprint density at radius 3 is 2.63 bits per heavy atom. The molecule has 2 N–H and O–H groups in total. The molecule has 0 aliphatic carbocycles. The van der Waals surface area contributed by atoms with Crippen LogP contribution in [0.25, 0.3) is 11.1 Å². The Balaban J connectivity index is 2.46. The van der Waals surface area contributed by atoms with E-state index >= 15 is 0 Å². The van der Waals surface area contributed by atoms with Gasteiger partial charge in [-0.1, -0.05) is 12.1 Å². The summed E-state index contributed by atoms with van der Waals surface area (Å²) in [7, 11) is 0. The maximum atomic E-state index is 11.4. The number of ether oxygens (including phenoxy) is 1.